The van der Waals surface area contributed by atoms with Crippen molar-refractivity contribution in [2.75, 3.05) is 6.61 Å². The molecule has 1 atom stereocenters. The summed E-state index contributed by atoms with van der Waals surface area (Å²) in [6.07, 6.45) is 1.04. The van der Waals surface area contributed by atoms with Gasteiger partial charge in [-0.05, 0) is 48.7 Å². The number of nitrogens with one attached hydrogen (secondary N) is 1. The lowest BCUT2D eigenvalue weighted by molar-refractivity contribution is 0.317. The van der Waals surface area contributed by atoms with Gasteiger partial charge in [-0.1, -0.05) is 47.1 Å². The molecule has 0 aromatic heterocycles. The Labute approximate surface area is 135 Å². The Morgan fingerprint density at radius 1 is 1.05 bits per heavy atom. The first-order valence-electron chi connectivity index (χ1n) is 7.39. The summed E-state index contributed by atoms with van der Waals surface area (Å²) in [5, 5.41) is 3.54. The fraction of sp³-hybridized carbons (Fsp3) is 0.333. The molecule has 21 heavy (non-hydrogen) atoms. The van der Waals surface area contributed by atoms with Gasteiger partial charge in [0.2, 0.25) is 0 Å². The Hall–Kier alpha value is -1.32. The highest BCUT2D eigenvalue weighted by atomic mass is 79.9. The average molecular weight is 348 g/mol. The normalized spacial score (nSPS) is 12.1. The first-order valence-corrected chi connectivity index (χ1v) is 8.19. The maximum Gasteiger partial charge on any atom is 0.119 e. The molecule has 0 fully saturated rings. The van der Waals surface area contributed by atoms with Gasteiger partial charge in [0.1, 0.15) is 5.75 Å². The maximum absolute atomic E-state index is 5.59. The van der Waals surface area contributed by atoms with Gasteiger partial charge in [-0.15, -0.1) is 0 Å². The first kappa shape index (κ1) is 16.1. The molecule has 0 saturated heterocycles. The Kier molecular flexibility index (Phi) is 6.27. The predicted molar refractivity (Wildman–Crippen MR) is 91.6 cm³/mol. The average Bonchev–Trinajstić information content (AvgIpc) is 2.52. The van der Waals surface area contributed by atoms with Gasteiger partial charge in [-0.25, -0.2) is 0 Å². The minimum Gasteiger partial charge on any atom is -0.494 e. The second-order valence-electron chi connectivity index (χ2n) is 5.15. The van der Waals surface area contributed by atoms with Crippen LogP contribution in [0.2, 0.25) is 0 Å². The van der Waals surface area contributed by atoms with E-state index >= 15 is 0 Å². The molecule has 0 heterocycles. The van der Waals surface area contributed by atoms with Crippen molar-refractivity contribution < 1.29 is 4.74 Å². The lowest BCUT2D eigenvalue weighted by Gasteiger charge is -2.14. The molecule has 112 valence electrons. The molecule has 0 aliphatic heterocycles. The maximum atomic E-state index is 5.59. The van der Waals surface area contributed by atoms with Crippen LogP contribution in [0.5, 0.6) is 5.75 Å². The van der Waals surface area contributed by atoms with Crippen molar-refractivity contribution in [2.45, 2.75) is 32.9 Å². The number of rotatable bonds is 7. The molecule has 0 radical (unpaired) electrons. The van der Waals surface area contributed by atoms with E-state index in [1.807, 2.05) is 12.1 Å². The van der Waals surface area contributed by atoms with Crippen molar-refractivity contribution in [2.24, 2.45) is 0 Å². The number of halogens is 1. The number of ether oxygens (including phenoxy) is 1. The van der Waals surface area contributed by atoms with Gasteiger partial charge in [0.05, 0.1) is 6.61 Å². The van der Waals surface area contributed by atoms with Crippen molar-refractivity contribution in [3.8, 4) is 5.75 Å². The van der Waals surface area contributed by atoms with Crippen LogP contribution in [0.4, 0.5) is 0 Å². The van der Waals surface area contributed by atoms with Crippen LogP contribution in [-0.4, -0.2) is 6.61 Å². The third-order valence-electron chi connectivity index (χ3n) is 3.38. The van der Waals surface area contributed by atoms with Gasteiger partial charge >= 0.3 is 0 Å². The zero-order valence-electron chi connectivity index (χ0n) is 12.6. The summed E-state index contributed by atoms with van der Waals surface area (Å²) in [6, 6.07) is 17.1. The third kappa shape index (κ3) is 5.18. The molecule has 2 nitrogen and oxygen atoms in total. The minimum absolute atomic E-state index is 0.328. The molecule has 0 amide bonds. The molecule has 0 saturated carbocycles. The van der Waals surface area contributed by atoms with E-state index in [4.69, 9.17) is 4.74 Å². The van der Waals surface area contributed by atoms with Crippen LogP contribution in [0, 0.1) is 0 Å². The monoisotopic (exact) mass is 347 g/mol. The smallest absolute Gasteiger partial charge is 0.119 e. The Bertz CT molecular complexity index is 536. The van der Waals surface area contributed by atoms with Gasteiger partial charge in [0, 0.05) is 17.1 Å². The molecule has 2 aromatic carbocycles. The third-order valence-corrected chi connectivity index (χ3v) is 3.91. The van der Waals surface area contributed by atoms with E-state index < -0.39 is 0 Å². The highest BCUT2D eigenvalue weighted by molar-refractivity contribution is 9.10. The van der Waals surface area contributed by atoms with Crippen LogP contribution in [0.1, 0.15) is 37.4 Å². The largest absolute Gasteiger partial charge is 0.494 e. The summed E-state index contributed by atoms with van der Waals surface area (Å²) in [5.74, 6) is 0.946. The molecule has 2 aromatic rings. The Morgan fingerprint density at radius 3 is 2.33 bits per heavy atom. The second kappa shape index (κ2) is 8.20. The van der Waals surface area contributed by atoms with Crippen molar-refractivity contribution in [1.29, 1.82) is 0 Å². The van der Waals surface area contributed by atoms with Crippen molar-refractivity contribution in [3.63, 3.8) is 0 Å². The van der Waals surface area contributed by atoms with Crippen LogP contribution >= 0.6 is 15.9 Å². The number of hydrogen-bond acceptors (Lipinski definition) is 2. The van der Waals surface area contributed by atoms with Crippen LogP contribution < -0.4 is 10.1 Å². The van der Waals surface area contributed by atoms with Crippen molar-refractivity contribution in [1.82, 2.24) is 5.32 Å². The predicted octanol–water partition coefficient (Wildman–Crippen LogP) is 5.09. The molecule has 0 aliphatic rings. The van der Waals surface area contributed by atoms with Crippen molar-refractivity contribution in [3.05, 3.63) is 64.1 Å². The summed E-state index contributed by atoms with van der Waals surface area (Å²) < 4.78 is 6.70. The number of benzene rings is 2. The van der Waals surface area contributed by atoms with E-state index in [1.165, 1.54) is 11.1 Å². The lowest BCUT2D eigenvalue weighted by Crippen LogP contribution is -2.17. The van der Waals surface area contributed by atoms with E-state index in [9.17, 15) is 0 Å². The van der Waals surface area contributed by atoms with Gasteiger partial charge in [-0.3, -0.25) is 0 Å². The van der Waals surface area contributed by atoms with Crippen LogP contribution in [0.25, 0.3) is 0 Å². The fourth-order valence-corrected chi connectivity index (χ4v) is 2.33. The molecule has 0 spiro atoms. The molecular weight excluding hydrogens is 326 g/mol. The van der Waals surface area contributed by atoms with Crippen LogP contribution in [0.15, 0.2) is 53.0 Å². The Morgan fingerprint density at radius 2 is 1.71 bits per heavy atom. The van der Waals surface area contributed by atoms with E-state index in [0.29, 0.717) is 6.04 Å². The number of hydrogen-bond donors (Lipinski definition) is 1. The first-order chi connectivity index (χ1) is 10.2. The standard InChI is InChI=1S/C18H22BrNO/c1-3-12-21-18-10-4-15(5-11-18)13-20-14(2)16-6-8-17(19)9-7-16/h4-11,14,20H,3,12-13H2,1-2H3/t14-/m1/s1. The molecule has 0 bridgehead atoms. The summed E-state index contributed by atoms with van der Waals surface area (Å²) in [6.45, 7) is 5.92. The zero-order chi connectivity index (χ0) is 15.1. The summed E-state index contributed by atoms with van der Waals surface area (Å²) in [5.41, 5.74) is 2.56. The van der Waals surface area contributed by atoms with Crippen LogP contribution in [0.3, 0.4) is 0 Å². The van der Waals surface area contributed by atoms with Crippen molar-refractivity contribution >= 4 is 15.9 Å². The molecule has 2 rings (SSSR count). The van der Waals surface area contributed by atoms with Gasteiger partial charge in [0.25, 0.3) is 0 Å². The fourth-order valence-electron chi connectivity index (χ4n) is 2.06. The highest BCUT2D eigenvalue weighted by Crippen LogP contribution is 2.18. The van der Waals surface area contributed by atoms with Crippen LogP contribution in [-0.2, 0) is 6.54 Å². The van der Waals surface area contributed by atoms with E-state index in [2.05, 4.69) is 71.5 Å². The molecular formula is C18H22BrNO. The van der Waals surface area contributed by atoms with Gasteiger partial charge in [-0.2, -0.15) is 0 Å². The van der Waals surface area contributed by atoms with E-state index in [0.717, 1.165) is 29.8 Å². The zero-order valence-corrected chi connectivity index (χ0v) is 14.2. The quantitative estimate of drug-likeness (QED) is 0.753. The SMILES string of the molecule is CCCOc1ccc(CN[C@H](C)c2ccc(Br)cc2)cc1. The second-order valence-corrected chi connectivity index (χ2v) is 6.06. The summed E-state index contributed by atoms with van der Waals surface area (Å²) in [4.78, 5) is 0. The summed E-state index contributed by atoms with van der Waals surface area (Å²) in [7, 11) is 0. The summed E-state index contributed by atoms with van der Waals surface area (Å²) >= 11 is 3.46. The van der Waals surface area contributed by atoms with Gasteiger partial charge in [0.15, 0.2) is 0 Å². The topological polar surface area (TPSA) is 21.3 Å². The molecule has 0 aliphatic carbocycles. The lowest BCUT2D eigenvalue weighted by atomic mass is 10.1. The Balaban J connectivity index is 1.86. The molecule has 0 unspecified atom stereocenters. The van der Waals surface area contributed by atoms with E-state index in [1.54, 1.807) is 0 Å². The van der Waals surface area contributed by atoms with Gasteiger partial charge < -0.3 is 10.1 Å². The molecule has 3 heteroatoms. The van der Waals surface area contributed by atoms with E-state index in [-0.39, 0.29) is 0 Å². The molecule has 1 N–H and O–H groups in total. The highest BCUT2D eigenvalue weighted by Gasteiger charge is 2.04. The minimum atomic E-state index is 0.328.